The number of nitrogens with one attached hydrogen (secondary N) is 1. The third-order valence-electron chi connectivity index (χ3n) is 2.53. The minimum Gasteiger partial charge on any atom is -0.308 e. The SMILES string of the molecule is Cc1nn(-c2cc(NN)nc(C(F)(F)F)n2)c(C)c1Cl. The molecule has 2 aromatic rings. The smallest absolute Gasteiger partial charge is 0.308 e. The van der Waals surface area contributed by atoms with Crippen molar-refractivity contribution in [1.29, 1.82) is 0 Å². The first kappa shape index (κ1) is 14.5. The summed E-state index contributed by atoms with van der Waals surface area (Å²) in [5.74, 6) is 3.55. The zero-order chi connectivity index (χ0) is 15.1. The maximum Gasteiger partial charge on any atom is 0.451 e. The first-order valence-corrected chi connectivity index (χ1v) is 5.77. The van der Waals surface area contributed by atoms with Gasteiger partial charge in [0.05, 0.1) is 16.4 Å². The van der Waals surface area contributed by atoms with Gasteiger partial charge in [0, 0.05) is 6.07 Å². The fraction of sp³-hybridized carbons (Fsp3) is 0.300. The Kier molecular flexibility index (Phi) is 3.57. The molecule has 2 rings (SSSR count). The Bertz CT molecular complexity index is 651. The van der Waals surface area contributed by atoms with E-state index in [-0.39, 0.29) is 11.6 Å². The zero-order valence-corrected chi connectivity index (χ0v) is 11.2. The number of alkyl halides is 3. The Morgan fingerprint density at radius 1 is 1.30 bits per heavy atom. The second-order valence-corrected chi connectivity index (χ2v) is 4.35. The average molecular weight is 307 g/mol. The van der Waals surface area contributed by atoms with Gasteiger partial charge in [0.25, 0.3) is 0 Å². The van der Waals surface area contributed by atoms with Gasteiger partial charge >= 0.3 is 6.18 Å². The Morgan fingerprint density at radius 3 is 2.40 bits per heavy atom. The van der Waals surface area contributed by atoms with Crippen molar-refractivity contribution in [1.82, 2.24) is 19.7 Å². The maximum atomic E-state index is 12.7. The Balaban J connectivity index is 2.64. The number of nitrogen functional groups attached to an aromatic ring is 1. The van der Waals surface area contributed by atoms with Crippen LogP contribution in [0, 0.1) is 13.8 Å². The van der Waals surface area contributed by atoms with Crippen molar-refractivity contribution in [3.63, 3.8) is 0 Å². The lowest BCUT2D eigenvalue weighted by Crippen LogP contribution is -2.18. The van der Waals surface area contributed by atoms with Crippen LogP contribution < -0.4 is 11.3 Å². The molecule has 0 aliphatic rings. The molecule has 10 heteroatoms. The number of rotatable bonds is 2. The molecule has 3 N–H and O–H groups in total. The summed E-state index contributed by atoms with van der Waals surface area (Å²) in [5, 5.41) is 4.40. The van der Waals surface area contributed by atoms with Gasteiger partial charge in [0.2, 0.25) is 5.82 Å². The van der Waals surface area contributed by atoms with Crippen LogP contribution in [-0.4, -0.2) is 19.7 Å². The van der Waals surface area contributed by atoms with Crippen molar-refractivity contribution < 1.29 is 13.2 Å². The van der Waals surface area contributed by atoms with E-state index in [9.17, 15) is 13.2 Å². The van der Waals surface area contributed by atoms with Gasteiger partial charge in [-0.25, -0.2) is 20.5 Å². The number of nitrogens with zero attached hydrogens (tertiary/aromatic N) is 4. The van der Waals surface area contributed by atoms with Gasteiger partial charge in [-0.05, 0) is 13.8 Å². The molecule has 0 spiro atoms. The number of hydrogen-bond acceptors (Lipinski definition) is 5. The quantitative estimate of drug-likeness (QED) is 0.657. The molecular formula is C10H10ClF3N6. The molecular weight excluding hydrogens is 297 g/mol. The van der Waals surface area contributed by atoms with Crippen molar-refractivity contribution in [3.8, 4) is 5.82 Å². The minimum atomic E-state index is -4.69. The third kappa shape index (κ3) is 2.54. The Hall–Kier alpha value is -1.87. The van der Waals surface area contributed by atoms with Crippen LogP contribution in [0.3, 0.4) is 0 Å². The summed E-state index contributed by atoms with van der Waals surface area (Å²) in [4.78, 5) is 6.71. The van der Waals surface area contributed by atoms with Crippen LogP contribution in [0.15, 0.2) is 6.07 Å². The highest BCUT2D eigenvalue weighted by atomic mass is 35.5. The van der Waals surface area contributed by atoms with Crippen LogP contribution in [0.5, 0.6) is 0 Å². The summed E-state index contributed by atoms with van der Waals surface area (Å²) in [5.41, 5.74) is 3.02. The monoisotopic (exact) mass is 306 g/mol. The molecule has 2 aromatic heterocycles. The van der Waals surface area contributed by atoms with E-state index in [0.717, 1.165) is 0 Å². The number of nitrogens with two attached hydrogens (primary N) is 1. The van der Waals surface area contributed by atoms with E-state index in [1.807, 2.05) is 0 Å². The second-order valence-electron chi connectivity index (χ2n) is 3.97. The minimum absolute atomic E-state index is 0.0761. The lowest BCUT2D eigenvalue weighted by Gasteiger charge is -2.10. The predicted octanol–water partition coefficient (Wildman–Crippen LogP) is 2.24. The molecule has 0 unspecified atom stereocenters. The van der Waals surface area contributed by atoms with Crippen LogP contribution in [0.4, 0.5) is 19.0 Å². The number of halogens is 4. The molecule has 0 aliphatic heterocycles. The zero-order valence-electron chi connectivity index (χ0n) is 10.5. The summed E-state index contributed by atoms with van der Waals surface area (Å²) in [7, 11) is 0. The average Bonchev–Trinajstić information content (AvgIpc) is 2.65. The van der Waals surface area contributed by atoms with Gasteiger partial charge in [-0.3, -0.25) is 0 Å². The number of hydrogen-bond donors (Lipinski definition) is 2. The van der Waals surface area contributed by atoms with Gasteiger partial charge in [0.1, 0.15) is 5.82 Å². The molecule has 0 aromatic carbocycles. The summed E-state index contributed by atoms with van der Waals surface area (Å²) in [6.07, 6.45) is -4.69. The van der Waals surface area contributed by atoms with Crippen LogP contribution in [0.1, 0.15) is 17.2 Å². The number of anilines is 1. The normalized spacial score (nSPS) is 11.8. The second kappa shape index (κ2) is 4.91. The Morgan fingerprint density at radius 2 is 1.95 bits per heavy atom. The summed E-state index contributed by atoms with van der Waals surface area (Å²) in [6, 6.07) is 1.24. The summed E-state index contributed by atoms with van der Waals surface area (Å²) in [6.45, 7) is 3.26. The standard InChI is InChI=1S/C10H10ClF3N6/c1-4-8(11)5(2)20(19-4)7-3-6(18-15)16-9(17-7)10(12,13)14/h3H,15H2,1-2H3,(H,16,17,18). The lowest BCUT2D eigenvalue weighted by molar-refractivity contribution is -0.144. The van der Waals surface area contributed by atoms with Crippen molar-refractivity contribution in [2.24, 2.45) is 5.84 Å². The van der Waals surface area contributed by atoms with E-state index in [1.165, 1.54) is 10.7 Å². The Labute approximate surface area is 116 Å². The number of aromatic nitrogens is 4. The fourth-order valence-electron chi connectivity index (χ4n) is 1.59. The predicted molar refractivity (Wildman–Crippen MR) is 66.5 cm³/mol. The van der Waals surface area contributed by atoms with Crippen LogP contribution in [-0.2, 0) is 6.18 Å². The molecule has 108 valence electrons. The number of hydrazine groups is 1. The van der Waals surface area contributed by atoms with Crippen LogP contribution >= 0.6 is 11.6 Å². The van der Waals surface area contributed by atoms with Gasteiger partial charge in [-0.2, -0.15) is 18.3 Å². The topological polar surface area (TPSA) is 81.7 Å². The highest BCUT2D eigenvalue weighted by Gasteiger charge is 2.35. The molecule has 6 nitrogen and oxygen atoms in total. The van der Waals surface area contributed by atoms with Crippen molar-refractivity contribution >= 4 is 17.4 Å². The lowest BCUT2D eigenvalue weighted by atomic mass is 10.4. The first-order chi connectivity index (χ1) is 9.24. The highest BCUT2D eigenvalue weighted by molar-refractivity contribution is 6.31. The van der Waals surface area contributed by atoms with E-state index < -0.39 is 12.0 Å². The van der Waals surface area contributed by atoms with Crippen molar-refractivity contribution in [2.45, 2.75) is 20.0 Å². The molecule has 0 amide bonds. The van der Waals surface area contributed by atoms with Gasteiger partial charge in [0.15, 0.2) is 5.82 Å². The summed E-state index contributed by atoms with van der Waals surface area (Å²) >= 11 is 5.96. The highest BCUT2D eigenvalue weighted by Crippen LogP contribution is 2.29. The van der Waals surface area contributed by atoms with Crippen molar-refractivity contribution in [2.75, 3.05) is 5.43 Å². The van der Waals surface area contributed by atoms with Crippen LogP contribution in [0.25, 0.3) is 5.82 Å². The third-order valence-corrected chi connectivity index (χ3v) is 3.08. The van der Waals surface area contributed by atoms with Crippen molar-refractivity contribution in [3.05, 3.63) is 28.3 Å². The van der Waals surface area contributed by atoms with Crippen LogP contribution in [0.2, 0.25) is 5.02 Å². The molecule has 2 heterocycles. The molecule has 0 saturated heterocycles. The van der Waals surface area contributed by atoms with E-state index in [1.54, 1.807) is 13.8 Å². The first-order valence-electron chi connectivity index (χ1n) is 5.39. The molecule has 0 fully saturated rings. The molecule has 0 bridgehead atoms. The van der Waals surface area contributed by atoms with E-state index in [0.29, 0.717) is 16.4 Å². The maximum absolute atomic E-state index is 12.7. The fourth-order valence-corrected chi connectivity index (χ4v) is 1.71. The van der Waals surface area contributed by atoms with E-state index in [2.05, 4.69) is 20.5 Å². The van der Waals surface area contributed by atoms with Gasteiger partial charge < -0.3 is 5.43 Å². The van der Waals surface area contributed by atoms with E-state index >= 15 is 0 Å². The molecule has 0 atom stereocenters. The summed E-state index contributed by atoms with van der Waals surface area (Å²) < 4.78 is 39.4. The molecule has 0 radical (unpaired) electrons. The molecule has 20 heavy (non-hydrogen) atoms. The van der Waals surface area contributed by atoms with Gasteiger partial charge in [-0.1, -0.05) is 11.6 Å². The number of aryl methyl sites for hydroxylation is 1. The van der Waals surface area contributed by atoms with Gasteiger partial charge in [-0.15, -0.1) is 0 Å². The molecule has 0 aliphatic carbocycles. The largest absolute Gasteiger partial charge is 0.451 e. The molecule has 0 saturated carbocycles. The van der Waals surface area contributed by atoms with E-state index in [4.69, 9.17) is 17.4 Å².